The average molecular weight is 520 g/mol. The number of aromatic amines is 1. The summed E-state index contributed by atoms with van der Waals surface area (Å²) in [5.74, 6) is 0.797. The van der Waals surface area contributed by atoms with Crippen LogP contribution in [0.2, 0.25) is 0 Å². The topological polar surface area (TPSA) is 107 Å². The number of halogens is 1. The Bertz CT molecular complexity index is 1440. The van der Waals surface area contributed by atoms with E-state index in [1.165, 1.54) is 6.07 Å². The van der Waals surface area contributed by atoms with Gasteiger partial charge in [-0.1, -0.05) is 36.4 Å². The molecule has 2 aromatic heterocycles. The smallest absolute Gasteiger partial charge is 0.193 e. The normalized spacial score (nSPS) is 26.6. The van der Waals surface area contributed by atoms with Gasteiger partial charge in [-0.05, 0) is 23.3 Å². The van der Waals surface area contributed by atoms with Gasteiger partial charge in [-0.2, -0.15) is 5.48 Å². The van der Waals surface area contributed by atoms with Crippen molar-refractivity contribution in [1.82, 2.24) is 15.4 Å². The molecule has 7 rings (SSSR count). The number of benzene rings is 2. The fourth-order valence-corrected chi connectivity index (χ4v) is 5.16. The highest BCUT2D eigenvalue weighted by atomic mass is 19.1. The molecule has 1 unspecified atom stereocenters. The summed E-state index contributed by atoms with van der Waals surface area (Å²) >= 11 is 0. The summed E-state index contributed by atoms with van der Waals surface area (Å²) in [4.78, 5) is 12.7. The third-order valence-corrected chi connectivity index (χ3v) is 7.12. The minimum Gasteiger partial charge on any atom is -0.487 e. The van der Waals surface area contributed by atoms with Crippen molar-refractivity contribution in [2.24, 2.45) is 0 Å². The maximum atomic E-state index is 15.1. The van der Waals surface area contributed by atoms with Crippen molar-refractivity contribution in [3.05, 3.63) is 66.5 Å². The number of rotatable bonds is 6. The second-order valence-corrected chi connectivity index (χ2v) is 9.71. The molecule has 3 fully saturated rings. The summed E-state index contributed by atoms with van der Waals surface area (Å²) in [7, 11) is 0. The summed E-state index contributed by atoms with van der Waals surface area (Å²) in [5.41, 5.74) is 6.88. The number of H-pyrrole nitrogens is 1. The summed E-state index contributed by atoms with van der Waals surface area (Å²) in [6.45, 7) is 1.72. The highest BCUT2D eigenvalue weighted by Crippen LogP contribution is 2.32. The SMILES string of the molecule is O[C@@H]1CO[C@H]2[C@@H]1OC[C@H]2Oc1cc2nc(-c3ccc(-c4ccc(OC5CNOC5)cc4)cc3)c(F)cc2[nH]1. The number of ether oxygens (including phenoxy) is 4. The summed E-state index contributed by atoms with van der Waals surface area (Å²) < 4.78 is 38.2. The fourth-order valence-electron chi connectivity index (χ4n) is 5.16. The third kappa shape index (κ3) is 4.40. The number of aromatic nitrogens is 2. The van der Waals surface area contributed by atoms with Crippen molar-refractivity contribution in [3.63, 3.8) is 0 Å². The van der Waals surface area contributed by atoms with Crippen molar-refractivity contribution in [3.8, 4) is 34.0 Å². The van der Waals surface area contributed by atoms with Crippen molar-refractivity contribution in [2.75, 3.05) is 26.4 Å². The van der Waals surface area contributed by atoms with Gasteiger partial charge in [-0.3, -0.25) is 4.84 Å². The van der Waals surface area contributed by atoms with E-state index in [0.29, 0.717) is 42.2 Å². The van der Waals surface area contributed by atoms with E-state index in [0.717, 1.165) is 16.9 Å². The second kappa shape index (κ2) is 9.64. The quantitative estimate of drug-likeness (QED) is 0.357. The molecule has 5 heterocycles. The molecule has 2 aromatic carbocycles. The first kappa shape index (κ1) is 23.6. The third-order valence-electron chi connectivity index (χ3n) is 7.12. The van der Waals surface area contributed by atoms with Gasteiger partial charge in [0.2, 0.25) is 0 Å². The van der Waals surface area contributed by atoms with Gasteiger partial charge in [0, 0.05) is 17.7 Å². The van der Waals surface area contributed by atoms with Crippen LogP contribution in [0.1, 0.15) is 0 Å². The lowest BCUT2D eigenvalue weighted by Crippen LogP contribution is -2.34. The lowest BCUT2D eigenvalue weighted by atomic mass is 10.0. The van der Waals surface area contributed by atoms with Gasteiger partial charge in [0.05, 0.1) is 30.8 Å². The van der Waals surface area contributed by atoms with E-state index in [9.17, 15) is 5.11 Å². The zero-order valence-electron chi connectivity index (χ0n) is 20.3. The van der Waals surface area contributed by atoms with Gasteiger partial charge in [0.1, 0.15) is 42.5 Å². The molecule has 196 valence electrons. The predicted molar refractivity (Wildman–Crippen MR) is 135 cm³/mol. The Kier molecular flexibility index (Phi) is 5.98. The molecule has 0 saturated carbocycles. The molecule has 3 aliphatic rings. The Labute approximate surface area is 217 Å². The van der Waals surface area contributed by atoms with E-state index in [2.05, 4.69) is 15.4 Å². The van der Waals surface area contributed by atoms with Gasteiger partial charge in [-0.25, -0.2) is 9.37 Å². The van der Waals surface area contributed by atoms with Crippen molar-refractivity contribution >= 4 is 11.0 Å². The molecule has 0 amide bonds. The number of hydrogen-bond donors (Lipinski definition) is 3. The molecule has 10 heteroatoms. The van der Waals surface area contributed by atoms with Gasteiger partial charge >= 0.3 is 0 Å². The van der Waals surface area contributed by atoms with Crippen LogP contribution >= 0.6 is 0 Å². The van der Waals surface area contributed by atoms with Crippen LogP contribution < -0.4 is 15.0 Å². The highest BCUT2D eigenvalue weighted by molar-refractivity contribution is 5.81. The molecule has 3 aliphatic heterocycles. The minimum absolute atomic E-state index is 0.00181. The first-order chi connectivity index (χ1) is 18.6. The summed E-state index contributed by atoms with van der Waals surface area (Å²) in [5, 5.41) is 9.93. The van der Waals surface area contributed by atoms with Gasteiger partial charge in [0.15, 0.2) is 17.8 Å². The molecule has 0 radical (unpaired) electrons. The number of nitrogens with one attached hydrogen (secondary N) is 2. The highest BCUT2D eigenvalue weighted by Gasteiger charge is 2.48. The van der Waals surface area contributed by atoms with Crippen LogP contribution in [-0.4, -0.2) is 72.0 Å². The molecule has 9 nitrogen and oxygen atoms in total. The van der Waals surface area contributed by atoms with Gasteiger partial charge < -0.3 is 29.0 Å². The maximum absolute atomic E-state index is 15.1. The molecule has 3 N–H and O–H groups in total. The van der Waals surface area contributed by atoms with Crippen molar-refractivity contribution in [1.29, 1.82) is 0 Å². The Balaban J connectivity index is 1.07. The maximum Gasteiger partial charge on any atom is 0.193 e. The van der Waals surface area contributed by atoms with Crippen molar-refractivity contribution in [2.45, 2.75) is 30.5 Å². The Morgan fingerprint density at radius 3 is 2.37 bits per heavy atom. The van der Waals surface area contributed by atoms with E-state index >= 15 is 4.39 Å². The molecule has 0 aliphatic carbocycles. The Hall–Kier alpha value is -3.54. The second-order valence-electron chi connectivity index (χ2n) is 9.71. The van der Waals surface area contributed by atoms with Gasteiger partial charge in [0.25, 0.3) is 0 Å². The van der Waals surface area contributed by atoms with Crippen LogP contribution in [0.25, 0.3) is 33.4 Å². The number of hydroxylamine groups is 1. The molecule has 0 bridgehead atoms. The number of nitrogens with zero attached hydrogens (tertiary/aromatic N) is 1. The van der Waals surface area contributed by atoms with Crippen LogP contribution in [0.5, 0.6) is 11.6 Å². The lowest BCUT2D eigenvalue weighted by molar-refractivity contribution is 0.00794. The molecule has 3 saturated heterocycles. The minimum atomic E-state index is -0.649. The summed E-state index contributed by atoms with van der Waals surface area (Å²) in [6, 6.07) is 18.6. The molecular formula is C28H26FN3O6. The number of fused-ring (bicyclic) bond motifs is 2. The van der Waals surface area contributed by atoms with Crippen LogP contribution in [0, 0.1) is 5.82 Å². The number of aliphatic hydroxyl groups excluding tert-OH is 1. The lowest BCUT2D eigenvalue weighted by Gasteiger charge is -2.16. The van der Waals surface area contributed by atoms with E-state index in [4.69, 9.17) is 23.8 Å². The zero-order chi connectivity index (χ0) is 25.6. The Morgan fingerprint density at radius 1 is 0.868 bits per heavy atom. The molecule has 4 aromatic rings. The largest absolute Gasteiger partial charge is 0.487 e. The van der Waals surface area contributed by atoms with Crippen molar-refractivity contribution < 1.29 is 33.3 Å². The zero-order valence-corrected chi connectivity index (χ0v) is 20.3. The fraction of sp³-hybridized carbons (Fsp3) is 0.321. The molecule has 0 spiro atoms. The number of pyridine rings is 1. The van der Waals surface area contributed by atoms with E-state index in [-0.39, 0.29) is 36.7 Å². The molecule has 38 heavy (non-hydrogen) atoms. The summed E-state index contributed by atoms with van der Waals surface area (Å²) in [6.07, 6.45) is -1.73. The first-order valence-corrected chi connectivity index (χ1v) is 12.6. The van der Waals surface area contributed by atoms with E-state index in [1.807, 2.05) is 48.5 Å². The standard InChI is InChI=1S/C28H26FN3O6/c29-20-9-21-22(10-25(31-21)38-24-14-35-27-23(33)13-34-28(24)27)32-26(20)17-3-1-15(2-4-17)16-5-7-18(8-6-16)37-19-11-30-36-12-19/h1-10,19,23-24,27-28,30-31,33H,11-14H2/t19?,23-,24-,27-,28-/m1/s1. The molecular weight excluding hydrogens is 493 g/mol. The monoisotopic (exact) mass is 519 g/mol. The number of aliphatic hydroxyl groups is 1. The first-order valence-electron chi connectivity index (χ1n) is 12.6. The van der Waals surface area contributed by atoms with Crippen LogP contribution in [0.15, 0.2) is 60.7 Å². The predicted octanol–water partition coefficient (Wildman–Crippen LogP) is 3.22. The van der Waals surface area contributed by atoms with Crippen LogP contribution in [-0.2, 0) is 14.3 Å². The Morgan fingerprint density at radius 2 is 1.61 bits per heavy atom. The molecule has 5 atom stereocenters. The van der Waals surface area contributed by atoms with Crippen LogP contribution in [0.4, 0.5) is 4.39 Å². The van der Waals surface area contributed by atoms with E-state index < -0.39 is 11.9 Å². The average Bonchev–Trinajstić information content (AvgIpc) is 3.72. The van der Waals surface area contributed by atoms with Crippen LogP contribution in [0.3, 0.4) is 0 Å². The van der Waals surface area contributed by atoms with Gasteiger partial charge in [-0.15, -0.1) is 0 Å². The van der Waals surface area contributed by atoms with E-state index in [1.54, 1.807) is 6.07 Å². The number of hydrogen-bond acceptors (Lipinski definition) is 8.